The topological polar surface area (TPSA) is 65.5 Å². The Bertz CT molecular complexity index is 894. The minimum Gasteiger partial charge on any atom is -0.497 e. The second-order valence-electron chi connectivity index (χ2n) is 6.21. The van der Waals surface area contributed by atoms with Gasteiger partial charge in [-0.1, -0.05) is 0 Å². The highest BCUT2D eigenvalue weighted by Gasteiger charge is 2.17. The summed E-state index contributed by atoms with van der Waals surface area (Å²) in [5.41, 5.74) is 2.02. The Morgan fingerprint density at radius 3 is 3.00 bits per heavy atom. The van der Waals surface area contributed by atoms with E-state index in [1.165, 1.54) is 0 Å². The summed E-state index contributed by atoms with van der Waals surface area (Å²) >= 11 is 0. The van der Waals surface area contributed by atoms with Crippen molar-refractivity contribution < 1.29 is 14.2 Å². The van der Waals surface area contributed by atoms with E-state index in [1.54, 1.807) is 13.3 Å². The Labute approximate surface area is 152 Å². The average molecular weight is 351 g/mol. The first kappa shape index (κ1) is 16.6. The van der Waals surface area contributed by atoms with Crippen LogP contribution in [0, 0.1) is 0 Å². The third kappa shape index (κ3) is 3.86. The molecule has 4 rings (SSSR count). The molecule has 1 N–H and O–H groups in total. The second kappa shape index (κ2) is 7.58. The van der Waals surface area contributed by atoms with Crippen LogP contribution >= 0.6 is 0 Å². The van der Waals surface area contributed by atoms with Crippen molar-refractivity contribution in [2.24, 2.45) is 0 Å². The predicted octanol–water partition coefficient (Wildman–Crippen LogP) is 3.42. The number of ether oxygens (including phenoxy) is 3. The summed E-state index contributed by atoms with van der Waals surface area (Å²) in [6.07, 6.45) is 2.78. The molecule has 1 atom stereocenters. The van der Waals surface area contributed by atoms with Gasteiger partial charge in [0.1, 0.15) is 17.7 Å². The maximum absolute atomic E-state index is 5.86. The lowest BCUT2D eigenvalue weighted by Gasteiger charge is -2.12. The van der Waals surface area contributed by atoms with Crippen LogP contribution in [0.4, 0.5) is 5.82 Å². The van der Waals surface area contributed by atoms with Gasteiger partial charge in [0.2, 0.25) is 5.88 Å². The lowest BCUT2D eigenvalue weighted by molar-refractivity contribution is 0.138. The van der Waals surface area contributed by atoms with Crippen molar-refractivity contribution in [2.75, 3.05) is 25.6 Å². The first-order valence-electron chi connectivity index (χ1n) is 8.68. The van der Waals surface area contributed by atoms with E-state index in [0.29, 0.717) is 19.0 Å². The summed E-state index contributed by atoms with van der Waals surface area (Å²) in [6, 6.07) is 13.8. The molecule has 0 unspecified atom stereocenters. The molecule has 3 aromatic rings. The molecule has 0 amide bonds. The number of rotatable bonds is 6. The van der Waals surface area contributed by atoms with Crippen LogP contribution in [0.5, 0.6) is 11.6 Å². The van der Waals surface area contributed by atoms with Gasteiger partial charge in [0, 0.05) is 30.6 Å². The van der Waals surface area contributed by atoms with Gasteiger partial charge in [-0.15, -0.1) is 0 Å². The van der Waals surface area contributed by atoms with E-state index in [-0.39, 0.29) is 6.10 Å². The lowest BCUT2D eigenvalue weighted by Crippen LogP contribution is -2.16. The molecule has 1 saturated heterocycles. The van der Waals surface area contributed by atoms with Crippen LogP contribution in [0.25, 0.3) is 10.9 Å². The van der Waals surface area contributed by atoms with Crippen LogP contribution in [0.15, 0.2) is 48.7 Å². The minimum absolute atomic E-state index is 0.102. The zero-order valence-electron chi connectivity index (χ0n) is 14.6. The quantitative estimate of drug-likeness (QED) is 0.734. The van der Waals surface area contributed by atoms with Crippen molar-refractivity contribution in [1.82, 2.24) is 9.97 Å². The molecular formula is C20H21N3O3. The van der Waals surface area contributed by atoms with E-state index in [4.69, 9.17) is 14.2 Å². The van der Waals surface area contributed by atoms with E-state index < -0.39 is 0 Å². The number of anilines is 1. The number of nitrogens with one attached hydrogen (secondary N) is 1. The predicted molar refractivity (Wildman–Crippen MR) is 99.7 cm³/mol. The Balaban J connectivity index is 1.42. The highest BCUT2D eigenvalue weighted by atomic mass is 16.5. The van der Waals surface area contributed by atoms with Gasteiger partial charge in [-0.2, -0.15) is 0 Å². The number of hydrogen-bond acceptors (Lipinski definition) is 6. The Morgan fingerprint density at radius 1 is 1.19 bits per heavy atom. The minimum atomic E-state index is 0.102. The van der Waals surface area contributed by atoms with Gasteiger partial charge in [-0.25, -0.2) is 9.97 Å². The van der Waals surface area contributed by atoms with E-state index in [0.717, 1.165) is 41.1 Å². The monoisotopic (exact) mass is 351 g/mol. The molecule has 26 heavy (non-hydrogen) atoms. The van der Waals surface area contributed by atoms with Crippen LogP contribution < -0.4 is 14.8 Å². The number of hydrogen-bond donors (Lipinski definition) is 1. The van der Waals surface area contributed by atoms with E-state index in [1.807, 2.05) is 42.5 Å². The highest BCUT2D eigenvalue weighted by molar-refractivity contribution is 5.81. The molecular weight excluding hydrogens is 330 g/mol. The molecule has 1 aliphatic heterocycles. The lowest BCUT2D eigenvalue weighted by atomic mass is 10.2. The number of nitrogens with zero attached hydrogens (tertiary/aromatic N) is 2. The molecule has 134 valence electrons. The zero-order chi connectivity index (χ0) is 17.8. The fourth-order valence-corrected chi connectivity index (χ4v) is 2.92. The molecule has 1 aromatic carbocycles. The van der Waals surface area contributed by atoms with Crippen molar-refractivity contribution in [3.8, 4) is 11.6 Å². The van der Waals surface area contributed by atoms with Crippen molar-refractivity contribution >= 4 is 16.7 Å². The maximum Gasteiger partial charge on any atom is 0.213 e. The van der Waals surface area contributed by atoms with Crippen molar-refractivity contribution in [3.05, 3.63) is 54.2 Å². The summed E-state index contributed by atoms with van der Waals surface area (Å²) in [5.74, 6) is 2.29. The largest absolute Gasteiger partial charge is 0.497 e. The fourth-order valence-electron chi connectivity index (χ4n) is 2.92. The average Bonchev–Trinajstić information content (AvgIpc) is 3.19. The van der Waals surface area contributed by atoms with Gasteiger partial charge in [-0.05, 0) is 42.0 Å². The van der Waals surface area contributed by atoms with Gasteiger partial charge >= 0.3 is 0 Å². The molecule has 0 radical (unpaired) electrons. The molecule has 0 bridgehead atoms. The zero-order valence-corrected chi connectivity index (χ0v) is 14.6. The van der Waals surface area contributed by atoms with Gasteiger partial charge in [0.15, 0.2) is 0 Å². The number of fused-ring (bicyclic) bond motifs is 1. The van der Waals surface area contributed by atoms with Gasteiger partial charge in [0.05, 0.1) is 25.8 Å². The number of pyridine rings is 2. The molecule has 0 saturated carbocycles. The van der Waals surface area contributed by atoms with Crippen LogP contribution in [0.3, 0.4) is 0 Å². The molecule has 2 aromatic heterocycles. The van der Waals surface area contributed by atoms with Crippen LogP contribution in [0.1, 0.15) is 12.0 Å². The third-order valence-electron chi connectivity index (χ3n) is 4.34. The maximum atomic E-state index is 5.86. The molecule has 3 heterocycles. The van der Waals surface area contributed by atoms with E-state index in [9.17, 15) is 0 Å². The summed E-state index contributed by atoms with van der Waals surface area (Å²) in [7, 11) is 1.66. The summed E-state index contributed by atoms with van der Waals surface area (Å²) in [4.78, 5) is 8.92. The SMILES string of the molecule is COc1ccc2nc(NCc3ccnc(O[C@H]4CCOC4)c3)ccc2c1. The summed E-state index contributed by atoms with van der Waals surface area (Å²) < 4.78 is 16.4. The van der Waals surface area contributed by atoms with E-state index in [2.05, 4.69) is 15.3 Å². The fraction of sp³-hybridized carbons (Fsp3) is 0.300. The molecule has 1 fully saturated rings. The molecule has 0 spiro atoms. The smallest absolute Gasteiger partial charge is 0.213 e. The highest BCUT2D eigenvalue weighted by Crippen LogP contribution is 2.21. The number of aromatic nitrogens is 2. The first-order valence-corrected chi connectivity index (χ1v) is 8.68. The Hall–Kier alpha value is -2.86. The van der Waals surface area contributed by atoms with Gasteiger partial charge < -0.3 is 19.5 Å². The van der Waals surface area contributed by atoms with Gasteiger partial charge in [-0.3, -0.25) is 0 Å². The van der Waals surface area contributed by atoms with Crippen molar-refractivity contribution in [2.45, 2.75) is 19.1 Å². The van der Waals surface area contributed by atoms with Crippen molar-refractivity contribution in [1.29, 1.82) is 0 Å². The Morgan fingerprint density at radius 2 is 2.15 bits per heavy atom. The van der Waals surface area contributed by atoms with Crippen LogP contribution in [0.2, 0.25) is 0 Å². The van der Waals surface area contributed by atoms with Crippen LogP contribution in [-0.4, -0.2) is 36.4 Å². The molecule has 1 aliphatic rings. The number of benzene rings is 1. The second-order valence-corrected chi connectivity index (χ2v) is 6.21. The first-order chi connectivity index (χ1) is 12.8. The van der Waals surface area contributed by atoms with Gasteiger partial charge in [0.25, 0.3) is 0 Å². The van der Waals surface area contributed by atoms with E-state index >= 15 is 0 Å². The van der Waals surface area contributed by atoms with Crippen molar-refractivity contribution in [3.63, 3.8) is 0 Å². The number of methoxy groups -OCH3 is 1. The molecule has 6 nitrogen and oxygen atoms in total. The molecule has 6 heteroatoms. The molecule has 0 aliphatic carbocycles. The summed E-state index contributed by atoms with van der Waals surface area (Å²) in [6.45, 7) is 2.04. The Kier molecular flexibility index (Phi) is 4.84. The summed E-state index contributed by atoms with van der Waals surface area (Å²) in [5, 5.41) is 4.40. The normalized spacial score (nSPS) is 16.6. The van der Waals surface area contributed by atoms with Crippen LogP contribution in [-0.2, 0) is 11.3 Å². The standard InChI is InChI=1S/C20H21N3O3/c1-24-16-3-4-18-15(11-16)2-5-19(23-18)22-12-14-6-8-21-20(10-14)26-17-7-9-25-13-17/h2-6,8,10-11,17H,7,9,12-13H2,1H3,(H,22,23)/t17-/m0/s1. The third-order valence-corrected chi connectivity index (χ3v) is 4.34.